The Morgan fingerprint density at radius 3 is 2.77 bits per heavy atom. The van der Waals surface area contributed by atoms with Gasteiger partial charge in [-0.15, -0.1) is 11.3 Å². The average molecular weight is 419 g/mol. The minimum atomic E-state index is -0.384. The number of hydrogen-bond acceptors (Lipinski definition) is 5. The summed E-state index contributed by atoms with van der Waals surface area (Å²) in [5.41, 5.74) is 2.04. The van der Waals surface area contributed by atoms with Gasteiger partial charge in [0.1, 0.15) is 23.9 Å². The summed E-state index contributed by atoms with van der Waals surface area (Å²) >= 11 is 1.42. The second kappa shape index (κ2) is 7.20. The van der Waals surface area contributed by atoms with Crippen molar-refractivity contribution in [2.24, 2.45) is 0 Å². The maximum atomic E-state index is 13.3. The average Bonchev–Trinajstić information content (AvgIpc) is 3.34. The number of para-hydroxylation sites is 2. The molecule has 9 heteroatoms. The summed E-state index contributed by atoms with van der Waals surface area (Å²) in [5.74, 6) is -0.270. The van der Waals surface area contributed by atoms with Gasteiger partial charge < -0.3 is 5.32 Å². The van der Waals surface area contributed by atoms with Crippen molar-refractivity contribution in [1.82, 2.24) is 18.9 Å². The van der Waals surface area contributed by atoms with Crippen LogP contribution in [0.25, 0.3) is 27.3 Å². The van der Waals surface area contributed by atoms with Crippen molar-refractivity contribution >= 4 is 39.1 Å². The third-order valence-electron chi connectivity index (χ3n) is 4.69. The van der Waals surface area contributed by atoms with Crippen LogP contribution in [0, 0.1) is 5.82 Å². The number of thiazole rings is 1. The summed E-state index contributed by atoms with van der Waals surface area (Å²) < 4.78 is 16.5. The van der Waals surface area contributed by atoms with E-state index in [1.54, 1.807) is 40.9 Å². The highest BCUT2D eigenvalue weighted by atomic mass is 32.1. The first-order valence-corrected chi connectivity index (χ1v) is 9.94. The van der Waals surface area contributed by atoms with Crippen molar-refractivity contribution in [1.29, 1.82) is 0 Å². The SMILES string of the molecule is O=C(Cn1c(=O)cnc2ccccc21)Nc1c(-c2ccc(F)cc2)nc2sccn12. The summed E-state index contributed by atoms with van der Waals surface area (Å²) in [4.78, 5) is 34.6. The zero-order chi connectivity index (χ0) is 20.7. The topological polar surface area (TPSA) is 81.3 Å². The summed E-state index contributed by atoms with van der Waals surface area (Å²) in [7, 11) is 0. The van der Waals surface area contributed by atoms with Crippen LogP contribution in [0.15, 0.2) is 71.1 Å². The lowest BCUT2D eigenvalue weighted by molar-refractivity contribution is -0.116. The monoisotopic (exact) mass is 419 g/mol. The molecule has 0 saturated carbocycles. The highest BCUT2D eigenvalue weighted by Gasteiger charge is 2.18. The molecule has 148 valence electrons. The minimum Gasteiger partial charge on any atom is -0.308 e. The first kappa shape index (κ1) is 18.2. The van der Waals surface area contributed by atoms with E-state index in [1.165, 1.54) is 34.2 Å². The Labute approximate surface area is 173 Å². The van der Waals surface area contributed by atoms with Crippen molar-refractivity contribution in [2.75, 3.05) is 5.32 Å². The number of aromatic nitrogens is 4. The molecule has 30 heavy (non-hydrogen) atoms. The quantitative estimate of drug-likeness (QED) is 0.483. The van der Waals surface area contributed by atoms with Crippen molar-refractivity contribution < 1.29 is 9.18 Å². The van der Waals surface area contributed by atoms with E-state index in [-0.39, 0.29) is 23.8 Å². The summed E-state index contributed by atoms with van der Waals surface area (Å²) in [6.07, 6.45) is 3.00. The zero-order valence-electron chi connectivity index (χ0n) is 15.4. The van der Waals surface area contributed by atoms with Gasteiger partial charge in [-0.25, -0.2) is 14.4 Å². The van der Waals surface area contributed by atoms with Gasteiger partial charge in [-0.05, 0) is 36.4 Å². The fourth-order valence-corrected chi connectivity index (χ4v) is 4.02. The Balaban J connectivity index is 1.52. The van der Waals surface area contributed by atoms with Crippen LogP contribution in [0.5, 0.6) is 0 Å². The molecule has 1 amide bonds. The maximum absolute atomic E-state index is 13.3. The maximum Gasteiger partial charge on any atom is 0.269 e. The van der Waals surface area contributed by atoms with Crippen LogP contribution in [0.2, 0.25) is 0 Å². The Kier molecular flexibility index (Phi) is 4.36. The van der Waals surface area contributed by atoms with Gasteiger partial charge in [0.05, 0.1) is 17.2 Å². The molecule has 0 bridgehead atoms. The van der Waals surface area contributed by atoms with Gasteiger partial charge in [-0.2, -0.15) is 0 Å². The van der Waals surface area contributed by atoms with Crippen molar-refractivity contribution in [2.45, 2.75) is 6.54 Å². The van der Waals surface area contributed by atoms with E-state index in [0.29, 0.717) is 33.1 Å². The lowest BCUT2D eigenvalue weighted by Gasteiger charge is -2.11. The summed E-state index contributed by atoms with van der Waals surface area (Å²) in [5, 5.41) is 4.72. The smallest absolute Gasteiger partial charge is 0.269 e. The Hall–Kier alpha value is -3.85. The number of fused-ring (bicyclic) bond motifs is 2. The third kappa shape index (κ3) is 3.15. The van der Waals surface area contributed by atoms with E-state index in [4.69, 9.17) is 0 Å². The largest absolute Gasteiger partial charge is 0.308 e. The van der Waals surface area contributed by atoms with Gasteiger partial charge in [0, 0.05) is 17.1 Å². The molecule has 0 spiro atoms. The van der Waals surface area contributed by atoms with Gasteiger partial charge >= 0.3 is 0 Å². The van der Waals surface area contributed by atoms with E-state index < -0.39 is 0 Å². The number of halogens is 1. The van der Waals surface area contributed by atoms with Crippen LogP contribution >= 0.6 is 11.3 Å². The molecular formula is C21H14FN5O2S. The normalized spacial score (nSPS) is 11.2. The van der Waals surface area contributed by atoms with Gasteiger partial charge in [0.15, 0.2) is 4.96 Å². The molecule has 5 aromatic rings. The third-order valence-corrected chi connectivity index (χ3v) is 5.45. The van der Waals surface area contributed by atoms with Gasteiger partial charge in [-0.3, -0.25) is 18.6 Å². The van der Waals surface area contributed by atoms with Gasteiger partial charge in [0.2, 0.25) is 5.91 Å². The predicted octanol–water partition coefficient (Wildman–Crippen LogP) is 3.55. The number of anilines is 1. The second-order valence-electron chi connectivity index (χ2n) is 6.59. The Morgan fingerprint density at radius 2 is 1.93 bits per heavy atom. The highest BCUT2D eigenvalue weighted by molar-refractivity contribution is 7.15. The van der Waals surface area contributed by atoms with E-state index in [9.17, 15) is 14.0 Å². The van der Waals surface area contributed by atoms with Crippen LogP contribution < -0.4 is 10.9 Å². The highest BCUT2D eigenvalue weighted by Crippen LogP contribution is 2.30. The molecule has 0 aliphatic carbocycles. The zero-order valence-corrected chi connectivity index (χ0v) is 16.3. The fraction of sp³-hybridized carbons (Fsp3) is 0.0476. The molecule has 0 atom stereocenters. The second-order valence-corrected chi connectivity index (χ2v) is 7.46. The fourth-order valence-electron chi connectivity index (χ4n) is 3.31. The first-order chi connectivity index (χ1) is 14.6. The van der Waals surface area contributed by atoms with Crippen LogP contribution in [-0.4, -0.2) is 24.8 Å². The molecule has 0 aliphatic heterocycles. The Bertz CT molecular complexity index is 1450. The van der Waals surface area contributed by atoms with E-state index in [2.05, 4.69) is 15.3 Å². The van der Waals surface area contributed by atoms with Gasteiger partial charge in [0.25, 0.3) is 5.56 Å². The van der Waals surface area contributed by atoms with Crippen LogP contribution in [0.3, 0.4) is 0 Å². The number of benzene rings is 2. The molecule has 3 aromatic heterocycles. The molecule has 5 rings (SSSR count). The number of carbonyl (C=O) groups excluding carboxylic acids is 1. The van der Waals surface area contributed by atoms with Gasteiger partial charge in [-0.1, -0.05) is 12.1 Å². The summed E-state index contributed by atoms with van der Waals surface area (Å²) in [6.45, 7) is -0.178. The molecule has 0 unspecified atom stereocenters. The lowest BCUT2D eigenvalue weighted by Crippen LogP contribution is -2.28. The van der Waals surface area contributed by atoms with Crippen molar-refractivity contribution in [3.63, 3.8) is 0 Å². The van der Waals surface area contributed by atoms with E-state index in [0.717, 1.165) is 0 Å². The molecular weight excluding hydrogens is 405 g/mol. The van der Waals surface area contributed by atoms with E-state index >= 15 is 0 Å². The number of carbonyl (C=O) groups is 1. The molecule has 3 heterocycles. The lowest BCUT2D eigenvalue weighted by atomic mass is 10.1. The number of rotatable bonds is 4. The number of nitrogens with one attached hydrogen (secondary N) is 1. The Morgan fingerprint density at radius 1 is 1.13 bits per heavy atom. The minimum absolute atomic E-state index is 0.178. The number of imidazole rings is 1. The van der Waals surface area contributed by atoms with Crippen molar-refractivity contribution in [3.8, 4) is 11.3 Å². The molecule has 0 fully saturated rings. The predicted molar refractivity (Wildman–Crippen MR) is 113 cm³/mol. The van der Waals surface area contributed by atoms with Crippen molar-refractivity contribution in [3.05, 3.63) is 82.5 Å². The first-order valence-electron chi connectivity index (χ1n) is 9.06. The van der Waals surface area contributed by atoms with E-state index in [1.807, 2.05) is 11.4 Å². The summed E-state index contributed by atoms with van der Waals surface area (Å²) in [6, 6.07) is 13.0. The standard InChI is InChI=1S/C21H14FN5O2S/c22-14-7-5-13(6-8-14)19-20(26-9-10-30-21(26)25-19)24-17(28)12-27-16-4-2-1-3-15(16)23-11-18(27)29/h1-11H,12H2,(H,24,28). The number of amides is 1. The van der Waals surface area contributed by atoms with Crippen LogP contribution in [0.4, 0.5) is 10.2 Å². The molecule has 0 aliphatic rings. The van der Waals surface area contributed by atoms with Crippen LogP contribution in [0.1, 0.15) is 0 Å². The van der Waals surface area contributed by atoms with Crippen LogP contribution in [-0.2, 0) is 11.3 Å². The molecule has 1 N–H and O–H groups in total. The number of nitrogens with zero attached hydrogens (tertiary/aromatic N) is 4. The molecule has 0 radical (unpaired) electrons. The molecule has 7 nitrogen and oxygen atoms in total. The molecule has 2 aromatic carbocycles. The molecule has 0 saturated heterocycles. The number of hydrogen-bond donors (Lipinski definition) is 1.